The first kappa shape index (κ1) is 22.6. The van der Waals surface area contributed by atoms with Crippen molar-refractivity contribution >= 4 is 11.3 Å². The average Bonchev–Trinajstić information content (AvgIpc) is 3.14. The minimum atomic E-state index is -4.44. The highest BCUT2D eigenvalue weighted by atomic mass is 19.4. The smallest absolute Gasteiger partial charge is 0.368 e. The molecule has 0 N–H and O–H groups in total. The minimum absolute atomic E-state index is 0.0807. The number of hydrogen-bond donors (Lipinski definition) is 0. The maximum absolute atomic E-state index is 12.9. The van der Waals surface area contributed by atoms with Gasteiger partial charge in [-0.2, -0.15) is 31.6 Å². The number of hydrogen-bond acceptors (Lipinski definition) is 5. The van der Waals surface area contributed by atoms with E-state index in [-0.39, 0.29) is 35.9 Å². The Morgan fingerprint density at radius 3 is 2.19 bits per heavy atom. The second kappa shape index (κ2) is 8.42. The first-order valence-electron chi connectivity index (χ1n) is 10.5. The van der Waals surface area contributed by atoms with Gasteiger partial charge in [-0.25, -0.2) is 0 Å². The number of nitrogens with zero attached hydrogens (tertiary/aromatic N) is 6. The molecule has 32 heavy (non-hydrogen) atoms. The van der Waals surface area contributed by atoms with Crippen LogP contribution in [-0.4, -0.2) is 64.1 Å². The van der Waals surface area contributed by atoms with Crippen LogP contribution in [0.15, 0.2) is 12.3 Å². The lowest BCUT2D eigenvalue weighted by molar-refractivity contribution is -0.184. The van der Waals surface area contributed by atoms with Crippen LogP contribution < -0.4 is 4.90 Å². The predicted molar refractivity (Wildman–Crippen MR) is 103 cm³/mol. The summed E-state index contributed by atoms with van der Waals surface area (Å²) in [6.07, 6.45) is -7.04. The fraction of sp³-hybridized carbons (Fsp3) is 0.650. The van der Waals surface area contributed by atoms with Crippen LogP contribution in [0.25, 0.3) is 5.65 Å². The van der Waals surface area contributed by atoms with E-state index in [1.165, 1.54) is 10.6 Å². The van der Waals surface area contributed by atoms with Crippen LogP contribution in [0.2, 0.25) is 0 Å². The molecule has 1 aliphatic heterocycles. The quantitative estimate of drug-likeness (QED) is 0.650. The largest absolute Gasteiger partial charge is 0.396 e. The third-order valence-electron chi connectivity index (χ3n) is 6.43. The summed E-state index contributed by atoms with van der Waals surface area (Å²) >= 11 is 0. The lowest BCUT2D eigenvalue weighted by Crippen LogP contribution is -2.51. The van der Waals surface area contributed by atoms with Crippen molar-refractivity contribution in [2.24, 2.45) is 5.92 Å². The molecule has 174 valence electrons. The molecule has 1 aliphatic carbocycles. The first-order chi connectivity index (χ1) is 15.1. The van der Waals surface area contributed by atoms with Gasteiger partial charge in [-0.15, -0.1) is 10.2 Å². The maximum Gasteiger partial charge on any atom is 0.396 e. The lowest BCUT2D eigenvalue weighted by atomic mass is 9.84. The van der Waals surface area contributed by atoms with E-state index >= 15 is 0 Å². The minimum Gasteiger partial charge on any atom is -0.368 e. The zero-order valence-corrected chi connectivity index (χ0v) is 17.1. The summed E-state index contributed by atoms with van der Waals surface area (Å²) in [6, 6.07) is 3.76. The molecule has 2 aromatic heterocycles. The molecule has 0 bridgehead atoms. The Balaban J connectivity index is 1.44. The van der Waals surface area contributed by atoms with Gasteiger partial charge < -0.3 is 4.90 Å². The second-order valence-corrected chi connectivity index (χ2v) is 8.36. The van der Waals surface area contributed by atoms with Crippen molar-refractivity contribution < 1.29 is 26.3 Å². The summed E-state index contributed by atoms with van der Waals surface area (Å²) in [6.45, 7) is 2.41. The van der Waals surface area contributed by atoms with Crippen LogP contribution in [0, 0.1) is 17.2 Å². The number of alkyl halides is 6. The molecule has 1 saturated carbocycles. The summed E-state index contributed by atoms with van der Waals surface area (Å²) < 4.78 is 78.2. The van der Waals surface area contributed by atoms with Gasteiger partial charge in [0.05, 0.1) is 11.6 Å². The van der Waals surface area contributed by atoms with Gasteiger partial charge in [0, 0.05) is 38.4 Å². The molecule has 6 nitrogen and oxygen atoms in total. The van der Waals surface area contributed by atoms with E-state index in [0.717, 1.165) is 0 Å². The summed E-state index contributed by atoms with van der Waals surface area (Å²) in [5, 5.41) is 17.1. The molecule has 2 fully saturated rings. The molecule has 1 saturated heterocycles. The molecular formula is C20H22F6N6. The molecule has 2 aromatic rings. The SMILES string of the molecule is N#Cc1c(N2CCN(C3CCC(C(F)(F)F)CC3)CC2)ccn2c(CC(F)(F)F)nnc12. The first-order valence-corrected chi connectivity index (χ1v) is 10.5. The number of halogens is 6. The van der Waals surface area contributed by atoms with Crippen LogP contribution in [0.4, 0.5) is 32.0 Å². The number of anilines is 1. The summed E-state index contributed by atoms with van der Waals surface area (Å²) in [4.78, 5) is 4.17. The monoisotopic (exact) mass is 460 g/mol. The molecular weight excluding hydrogens is 438 g/mol. The van der Waals surface area contributed by atoms with Crippen molar-refractivity contribution in [3.8, 4) is 6.07 Å². The Morgan fingerprint density at radius 1 is 0.969 bits per heavy atom. The lowest BCUT2D eigenvalue weighted by Gasteiger charge is -2.43. The van der Waals surface area contributed by atoms with Gasteiger partial charge in [0.2, 0.25) is 0 Å². The fourth-order valence-electron chi connectivity index (χ4n) is 4.76. The zero-order valence-electron chi connectivity index (χ0n) is 17.1. The summed E-state index contributed by atoms with van der Waals surface area (Å²) in [5.41, 5.74) is 0.816. The van der Waals surface area contributed by atoms with Crippen LogP contribution in [0.5, 0.6) is 0 Å². The number of fused-ring (bicyclic) bond motifs is 1. The van der Waals surface area contributed by atoms with Gasteiger partial charge in [-0.05, 0) is 31.7 Å². The molecule has 2 aliphatic rings. The molecule has 4 rings (SSSR count). The molecule has 12 heteroatoms. The zero-order chi connectivity index (χ0) is 23.1. The Hall–Kier alpha value is -2.55. The normalized spacial score (nSPS) is 23.5. The Kier molecular flexibility index (Phi) is 5.96. The van der Waals surface area contributed by atoms with Crippen LogP contribution in [-0.2, 0) is 6.42 Å². The van der Waals surface area contributed by atoms with E-state index in [1.54, 1.807) is 6.07 Å². The maximum atomic E-state index is 12.9. The van der Waals surface area contributed by atoms with E-state index in [2.05, 4.69) is 15.1 Å². The predicted octanol–water partition coefficient (Wildman–Crippen LogP) is 3.95. The summed E-state index contributed by atoms with van der Waals surface area (Å²) in [7, 11) is 0. The third kappa shape index (κ3) is 4.62. The molecule has 3 heterocycles. The van der Waals surface area contributed by atoms with Crippen LogP contribution >= 0.6 is 0 Å². The molecule has 0 unspecified atom stereocenters. The van der Waals surface area contributed by atoms with Crippen LogP contribution in [0.3, 0.4) is 0 Å². The Labute approximate surface area is 180 Å². The van der Waals surface area contributed by atoms with Crippen LogP contribution in [0.1, 0.15) is 37.1 Å². The van der Waals surface area contributed by atoms with Crippen molar-refractivity contribution in [1.29, 1.82) is 5.26 Å². The summed E-state index contributed by atoms with van der Waals surface area (Å²) in [5.74, 6) is -1.50. The highest BCUT2D eigenvalue weighted by molar-refractivity contribution is 5.71. The number of nitriles is 1. The number of rotatable bonds is 3. The van der Waals surface area contributed by atoms with Crippen molar-refractivity contribution in [2.75, 3.05) is 31.1 Å². The third-order valence-corrected chi connectivity index (χ3v) is 6.43. The molecule has 0 radical (unpaired) electrons. The number of piperazine rings is 1. The van der Waals surface area contributed by atoms with Crippen molar-refractivity contribution in [3.05, 3.63) is 23.7 Å². The number of aromatic nitrogens is 3. The molecule has 0 aromatic carbocycles. The molecule has 0 atom stereocenters. The second-order valence-electron chi connectivity index (χ2n) is 8.36. The standard InChI is InChI=1S/C20H22F6N6/c21-19(22,23)11-17-28-29-18-15(12-27)16(5-6-32(17)18)31-9-7-30(8-10-31)14-3-1-13(2-4-14)20(24,25)26/h5-6,13-14H,1-4,7-11H2. The van der Waals surface area contributed by atoms with E-state index in [9.17, 15) is 31.6 Å². The van der Waals surface area contributed by atoms with Gasteiger partial charge in [0.15, 0.2) is 5.65 Å². The topological polar surface area (TPSA) is 60.5 Å². The fourth-order valence-corrected chi connectivity index (χ4v) is 4.76. The van der Waals surface area contributed by atoms with Gasteiger partial charge in [-0.1, -0.05) is 0 Å². The average molecular weight is 460 g/mol. The highest BCUT2D eigenvalue weighted by Gasteiger charge is 2.42. The Morgan fingerprint density at radius 2 is 1.62 bits per heavy atom. The van der Waals surface area contributed by atoms with Gasteiger partial charge >= 0.3 is 12.4 Å². The van der Waals surface area contributed by atoms with E-state index < -0.39 is 24.7 Å². The van der Waals surface area contributed by atoms with Gasteiger partial charge in [0.25, 0.3) is 0 Å². The van der Waals surface area contributed by atoms with Gasteiger partial charge in [-0.3, -0.25) is 9.30 Å². The van der Waals surface area contributed by atoms with Crippen molar-refractivity contribution in [3.63, 3.8) is 0 Å². The van der Waals surface area contributed by atoms with E-state index in [4.69, 9.17) is 0 Å². The van der Waals surface area contributed by atoms with Gasteiger partial charge in [0.1, 0.15) is 23.9 Å². The number of pyridine rings is 1. The van der Waals surface area contributed by atoms with E-state index in [0.29, 0.717) is 44.7 Å². The molecule has 0 spiro atoms. The van der Waals surface area contributed by atoms with E-state index in [1.807, 2.05) is 11.0 Å². The van der Waals surface area contributed by atoms with Crippen molar-refractivity contribution in [1.82, 2.24) is 19.5 Å². The highest BCUT2D eigenvalue weighted by Crippen LogP contribution is 2.39. The molecule has 0 amide bonds. The Bertz CT molecular complexity index is 991. The van der Waals surface area contributed by atoms with Crippen molar-refractivity contribution in [2.45, 2.75) is 50.5 Å².